The fourth-order valence-corrected chi connectivity index (χ4v) is 5.88. The Morgan fingerprint density at radius 3 is 2.52 bits per heavy atom. The molecule has 0 N–H and O–H groups in total. The second-order valence-electron chi connectivity index (χ2n) is 9.38. The minimum absolute atomic E-state index is 0.0476. The van der Waals surface area contributed by atoms with Crippen LogP contribution in [0.4, 0.5) is 0 Å². The van der Waals surface area contributed by atoms with E-state index >= 15 is 0 Å². The molecule has 0 spiro atoms. The summed E-state index contributed by atoms with van der Waals surface area (Å²) in [5.74, 6) is 0.949. The highest BCUT2D eigenvalue weighted by atomic mass is 32.1. The number of hydrogen-bond acceptors (Lipinski definition) is 3. The minimum Gasteiger partial charge on any atom is -0.461 e. The van der Waals surface area contributed by atoms with E-state index in [1.807, 2.05) is 24.5 Å². The fourth-order valence-electron chi connectivity index (χ4n) is 4.64. The van der Waals surface area contributed by atoms with Crippen LogP contribution in [0.25, 0.3) is 53.2 Å². The summed E-state index contributed by atoms with van der Waals surface area (Å²) in [5, 5.41) is 6.22. The smallest absolute Gasteiger partial charge is 0.134 e. The molecule has 3 aromatic heterocycles. The van der Waals surface area contributed by atoms with Crippen LogP contribution >= 0.6 is 11.3 Å². The molecular weight excluding hydrogens is 398 g/mol. The highest BCUT2D eigenvalue weighted by molar-refractivity contribution is 7.26. The van der Waals surface area contributed by atoms with Crippen LogP contribution in [0.15, 0.2) is 71.3 Å². The van der Waals surface area contributed by atoms with E-state index in [2.05, 4.69) is 81.4 Å². The van der Waals surface area contributed by atoms with Gasteiger partial charge in [-0.05, 0) is 65.1 Å². The molecule has 0 bridgehead atoms. The number of pyridine rings is 1. The van der Waals surface area contributed by atoms with Crippen LogP contribution in [0.5, 0.6) is 0 Å². The number of rotatable bonds is 1. The van der Waals surface area contributed by atoms with Crippen molar-refractivity contribution in [2.75, 3.05) is 0 Å². The van der Waals surface area contributed by atoms with Crippen LogP contribution in [0.1, 0.15) is 32.1 Å². The molecule has 152 valence electrons. The van der Waals surface area contributed by atoms with Crippen molar-refractivity contribution >= 4 is 53.3 Å². The second-order valence-corrected chi connectivity index (χ2v) is 10.4. The molecule has 0 amide bonds. The molecule has 6 rings (SSSR count). The third-order valence-corrected chi connectivity index (χ3v) is 7.27. The molecule has 0 saturated heterocycles. The lowest BCUT2D eigenvalue weighted by molar-refractivity contribution is 0.579. The van der Waals surface area contributed by atoms with Crippen LogP contribution in [-0.4, -0.2) is 4.98 Å². The first kappa shape index (κ1) is 18.6. The van der Waals surface area contributed by atoms with E-state index in [9.17, 15) is 0 Å². The molecule has 3 aromatic carbocycles. The van der Waals surface area contributed by atoms with E-state index in [0.29, 0.717) is 0 Å². The minimum atomic E-state index is 0.0476. The molecule has 3 heteroatoms. The number of furan rings is 1. The first-order chi connectivity index (χ1) is 14.9. The zero-order chi connectivity index (χ0) is 21.3. The third-order valence-electron chi connectivity index (χ3n) is 6.09. The maximum absolute atomic E-state index is 5.90. The first-order valence-electron chi connectivity index (χ1n) is 10.6. The largest absolute Gasteiger partial charge is 0.461 e. The number of aromatic nitrogens is 1. The summed E-state index contributed by atoms with van der Waals surface area (Å²) in [5.41, 5.74) is 4.59. The maximum atomic E-state index is 5.90. The van der Waals surface area contributed by atoms with Gasteiger partial charge in [0.25, 0.3) is 0 Å². The second kappa shape index (κ2) is 6.41. The first-order valence-corrected chi connectivity index (χ1v) is 11.5. The van der Waals surface area contributed by atoms with Crippen LogP contribution in [0.2, 0.25) is 0 Å². The summed E-state index contributed by atoms with van der Waals surface area (Å²) in [6.07, 6.45) is 1.94. The van der Waals surface area contributed by atoms with Gasteiger partial charge >= 0.3 is 0 Å². The summed E-state index contributed by atoms with van der Waals surface area (Å²) in [6.45, 7) is 8.84. The summed E-state index contributed by atoms with van der Waals surface area (Å²) in [4.78, 5) is 4.86. The zero-order valence-electron chi connectivity index (χ0n) is 18.1. The Bertz CT molecular complexity index is 1630. The highest BCUT2D eigenvalue weighted by Gasteiger charge is 2.20. The molecule has 0 aliphatic rings. The molecule has 0 aliphatic heterocycles. The van der Waals surface area contributed by atoms with Gasteiger partial charge in [-0.25, -0.2) is 0 Å². The Hall–Kier alpha value is -3.17. The monoisotopic (exact) mass is 421 g/mol. The van der Waals surface area contributed by atoms with Crippen molar-refractivity contribution in [2.45, 2.75) is 33.1 Å². The third kappa shape index (κ3) is 2.88. The number of hydrogen-bond donors (Lipinski definition) is 0. The SMILES string of the molecule is Cc1cc2cc3sc4c(-c5cc(C(C)(C)C)c6ccccc6c5)nccc4c3cc2o1. The average Bonchev–Trinajstić information content (AvgIpc) is 3.28. The van der Waals surface area contributed by atoms with E-state index < -0.39 is 0 Å². The number of aryl methyl sites for hydroxylation is 1. The van der Waals surface area contributed by atoms with Crippen molar-refractivity contribution in [3.8, 4) is 11.3 Å². The van der Waals surface area contributed by atoms with Gasteiger partial charge in [-0.2, -0.15) is 0 Å². The summed E-state index contributed by atoms with van der Waals surface area (Å²) >= 11 is 1.82. The van der Waals surface area contributed by atoms with E-state index in [1.54, 1.807) is 0 Å². The van der Waals surface area contributed by atoms with Gasteiger partial charge in [0.05, 0.1) is 10.4 Å². The van der Waals surface area contributed by atoms with Crippen molar-refractivity contribution in [3.63, 3.8) is 0 Å². The van der Waals surface area contributed by atoms with Crippen LogP contribution in [0, 0.1) is 6.92 Å². The molecule has 0 saturated carbocycles. The van der Waals surface area contributed by atoms with E-state index in [1.165, 1.54) is 42.1 Å². The van der Waals surface area contributed by atoms with Gasteiger partial charge in [0.2, 0.25) is 0 Å². The van der Waals surface area contributed by atoms with Gasteiger partial charge in [0.1, 0.15) is 11.3 Å². The maximum Gasteiger partial charge on any atom is 0.134 e. The average molecular weight is 422 g/mol. The van der Waals surface area contributed by atoms with Crippen molar-refractivity contribution in [1.29, 1.82) is 0 Å². The van der Waals surface area contributed by atoms with Gasteiger partial charge in [0.15, 0.2) is 0 Å². The Morgan fingerprint density at radius 2 is 1.68 bits per heavy atom. The van der Waals surface area contributed by atoms with Gasteiger partial charge in [-0.3, -0.25) is 4.98 Å². The van der Waals surface area contributed by atoms with Crippen molar-refractivity contribution in [1.82, 2.24) is 4.98 Å². The highest BCUT2D eigenvalue weighted by Crippen LogP contribution is 2.42. The van der Waals surface area contributed by atoms with Gasteiger partial charge in [-0.1, -0.05) is 45.0 Å². The quantitative estimate of drug-likeness (QED) is 0.265. The normalized spacial score (nSPS) is 12.5. The van der Waals surface area contributed by atoms with E-state index in [0.717, 1.165) is 22.4 Å². The lowest BCUT2D eigenvalue weighted by Gasteiger charge is -2.22. The van der Waals surface area contributed by atoms with Crippen LogP contribution < -0.4 is 0 Å². The molecule has 3 heterocycles. The molecular formula is C28H23NOS. The summed E-state index contributed by atoms with van der Waals surface area (Å²) in [6, 6.07) is 22.0. The van der Waals surface area contributed by atoms with Crippen LogP contribution in [-0.2, 0) is 5.41 Å². The fraction of sp³-hybridized carbons (Fsp3) is 0.179. The van der Waals surface area contributed by atoms with E-state index in [4.69, 9.17) is 9.40 Å². The summed E-state index contributed by atoms with van der Waals surface area (Å²) in [7, 11) is 0. The van der Waals surface area contributed by atoms with Gasteiger partial charge < -0.3 is 4.42 Å². The topological polar surface area (TPSA) is 26.0 Å². The van der Waals surface area contributed by atoms with Crippen LogP contribution in [0.3, 0.4) is 0 Å². The number of thiophene rings is 1. The van der Waals surface area contributed by atoms with E-state index in [-0.39, 0.29) is 5.41 Å². The molecule has 6 aromatic rings. The van der Waals surface area contributed by atoms with Gasteiger partial charge in [-0.15, -0.1) is 11.3 Å². The molecule has 0 fully saturated rings. The number of fused-ring (bicyclic) bond motifs is 5. The predicted octanol–water partition coefficient (Wildman–Crippen LogP) is 8.62. The predicted molar refractivity (Wildman–Crippen MR) is 133 cm³/mol. The Morgan fingerprint density at radius 1 is 0.839 bits per heavy atom. The molecule has 0 radical (unpaired) electrons. The lowest BCUT2D eigenvalue weighted by Crippen LogP contribution is -2.12. The molecule has 0 atom stereocenters. The van der Waals surface area contributed by atoms with Crippen molar-refractivity contribution in [2.24, 2.45) is 0 Å². The number of benzene rings is 3. The van der Waals surface area contributed by atoms with Crippen molar-refractivity contribution in [3.05, 3.63) is 78.2 Å². The Balaban J connectivity index is 1.67. The lowest BCUT2D eigenvalue weighted by atomic mass is 9.82. The molecule has 0 aliphatic carbocycles. The Labute approximate surface area is 185 Å². The van der Waals surface area contributed by atoms with Crippen molar-refractivity contribution < 1.29 is 4.42 Å². The summed E-state index contributed by atoms with van der Waals surface area (Å²) < 4.78 is 8.41. The number of nitrogens with zero attached hydrogens (tertiary/aromatic N) is 1. The molecule has 0 unspecified atom stereocenters. The molecule has 2 nitrogen and oxygen atoms in total. The van der Waals surface area contributed by atoms with Gasteiger partial charge in [0, 0.05) is 32.6 Å². The molecule has 31 heavy (non-hydrogen) atoms. The standard InChI is InChI=1S/C28H23NOS/c1-16-11-18-14-25-22(15-24(18)30-16)21-9-10-29-26(27(21)31-25)19-12-17-7-5-6-8-20(17)23(13-19)28(2,3)4/h5-15H,1-4H3. The zero-order valence-corrected chi connectivity index (χ0v) is 18.9. The Kier molecular flexibility index (Phi) is 3.85.